The third-order valence-corrected chi connectivity index (χ3v) is 4.28. The zero-order valence-corrected chi connectivity index (χ0v) is 11.4. The summed E-state index contributed by atoms with van der Waals surface area (Å²) in [6.45, 7) is 1.49. The molecule has 2 heterocycles. The highest BCUT2D eigenvalue weighted by Gasteiger charge is 2.43. The first-order chi connectivity index (χ1) is 9.87. The predicted octanol–water partition coefficient (Wildman–Crippen LogP) is 2.53. The molecular weight excluding hydrogens is 252 g/mol. The molecule has 1 aliphatic heterocycles. The lowest BCUT2D eigenvalue weighted by molar-refractivity contribution is 0.0305. The minimum absolute atomic E-state index is 0.0520. The van der Waals surface area contributed by atoms with E-state index < -0.39 is 0 Å². The Morgan fingerprint density at radius 3 is 2.40 bits per heavy atom. The molecule has 0 bridgehead atoms. The van der Waals surface area contributed by atoms with Crippen molar-refractivity contribution in [2.24, 2.45) is 5.84 Å². The van der Waals surface area contributed by atoms with Crippen molar-refractivity contribution in [3.8, 4) is 0 Å². The van der Waals surface area contributed by atoms with E-state index in [-0.39, 0.29) is 11.5 Å². The number of ether oxygens (including phenoxy) is 1. The SMILES string of the molecule is NNC(c1ccco1)C1(c2ccccc2)CCOCC1. The van der Waals surface area contributed by atoms with Crippen LogP contribution in [0.5, 0.6) is 0 Å². The molecule has 0 amide bonds. The molecule has 1 fully saturated rings. The second kappa shape index (κ2) is 5.79. The summed E-state index contributed by atoms with van der Waals surface area (Å²) in [7, 11) is 0. The Kier molecular flexibility index (Phi) is 3.87. The molecule has 20 heavy (non-hydrogen) atoms. The van der Waals surface area contributed by atoms with Gasteiger partial charge in [0.2, 0.25) is 0 Å². The summed E-state index contributed by atoms with van der Waals surface area (Å²) in [6, 6.07) is 14.3. The van der Waals surface area contributed by atoms with Gasteiger partial charge in [-0.15, -0.1) is 0 Å². The largest absolute Gasteiger partial charge is 0.468 e. The van der Waals surface area contributed by atoms with Crippen LogP contribution in [0.3, 0.4) is 0 Å². The van der Waals surface area contributed by atoms with E-state index in [0.29, 0.717) is 0 Å². The number of hydrogen-bond donors (Lipinski definition) is 2. The molecular formula is C16H20N2O2. The van der Waals surface area contributed by atoms with Crippen molar-refractivity contribution < 1.29 is 9.15 Å². The van der Waals surface area contributed by atoms with E-state index >= 15 is 0 Å². The smallest absolute Gasteiger partial charge is 0.122 e. The normalized spacial score (nSPS) is 19.6. The Labute approximate surface area is 118 Å². The van der Waals surface area contributed by atoms with Crippen LogP contribution in [-0.2, 0) is 10.2 Å². The van der Waals surface area contributed by atoms with Gasteiger partial charge >= 0.3 is 0 Å². The molecule has 1 aromatic heterocycles. The summed E-state index contributed by atoms with van der Waals surface area (Å²) in [6.07, 6.45) is 3.54. The minimum atomic E-state index is -0.0912. The Balaban J connectivity index is 2.05. The third-order valence-electron chi connectivity index (χ3n) is 4.28. The van der Waals surface area contributed by atoms with E-state index in [1.807, 2.05) is 18.2 Å². The lowest BCUT2D eigenvalue weighted by atomic mass is 9.68. The summed E-state index contributed by atoms with van der Waals surface area (Å²) >= 11 is 0. The highest BCUT2D eigenvalue weighted by molar-refractivity contribution is 5.31. The maximum absolute atomic E-state index is 5.87. The van der Waals surface area contributed by atoms with E-state index in [9.17, 15) is 0 Å². The number of hydrogen-bond acceptors (Lipinski definition) is 4. The lowest BCUT2D eigenvalue weighted by Crippen LogP contribution is -2.47. The zero-order chi connectivity index (χ0) is 13.8. The fourth-order valence-corrected chi connectivity index (χ4v) is 3.22. The second-order valence-electron chi connectivity index (χ2n) is 5.25. The number of nitrogens with one attached hydrogen (secondary N) is 1. The lowest BCUT2D eigenvalue weighted by Gasteiger charge is -2.42. The number of hydrazine groups is 1. The Morgan fingerprint density at radius 2 is 1.80 bits per heavy atom. The molecule has 1 atom stereocenters. The zero-order valence-electron chi connectivity index (χ0n) is 11.4. The molecule has 1 unspecified atom stereocenters. The molecule has 0 aliphatic carbocycles. The quantitative estimate of drug-likeness (QED) is 0.663. The molecule has 1 aliphatic rings. The molecule has 0 saturated carbocycles. The van der Waals surface area contributed by atoms with Gasteiger partial charge in [-0.3, -0.25) is 5.84 Å². The van der Waals surface area contributed by atoms with Crippen molar-refractivity contribution in [2.75, 3.05) is 13.2 Å². The summed E-state index contributed by atoms with van der Waals surface area (Å²) in [5, 5.41) is 0. The van der Waals surface area contributed by atoms with Crippen molar-refractivity contribution in [3.05, 3.63) is 60.1 Å². The van der Waals surface area contributed by atoms with Crippen molar-refractivity contribution >= 4 is 0 Å². The molecule has 0 spiro atoms. The maximum atomic E-state index is 5.87. The first kappa shape index (κ1) is 13.4. The van der Waals surface area contributed by atoms with Crippen molar-refractivity contribution in [2.45, 2.75) is 24.3 Å². The molecule has 106 valence electrons. The highest BCUT2D eigenvalue weighted by Crippen LogP contribution is 2.44. The van der Waals surface area contributed by atoms with Crippen LogP contribution in [0.1, 0.15) is 30.2 Å². The Hall–Kier alpha value is -1.62. The van der Waals surface area contributed by atoms with Gasteiger partial charge in [0.1, 0.15) is 5.76 Å². The van der Waals surface area contributed by atoms with Crippen molar-refractivity contribution in [1.82, 2.24) is 5.43 Å². The van der Waals surface area contributed by atoms with Gasteiger partial charge < -0.3 is 9.15 Å². The van der Waals surface area contributed by atoms with E-state index in [2.05, 4.69) is 29.7 Å². The van der Waals surface area contributed by atoms with Crippen LogP contribution in [0.2, 0.25) is 0 Å². The van der Waals surface area contributed by atoms with Gasteiger partial charge in [0.05, 0.1) is 12.3 Å². The summed E-state index contributed by atoms with van der Waals surface area (Å²) in [5.41, 5.74) is 4.15. The highest BCUT2D eigenvalue weighted by atomic mass is 16.5. The first-order valence-electron chi connectivity index (χ1n) is 7.00. The summed E-state index contributed by atoms with van der Waals surface area (Å²) < 4.78 is 11.2. The van der Waals surface area contributed by atoms with Crippen LogP contribution in [0.15, 0.2) is 53.1 Å². The standard InChI is InChI=1S/C16H20N2O2/c17-18-15(14-7-4-10-20-14)16(8-11-19-12-9-16)13-5-2-1-3-6-13/h1-7,10,15,18H,8-9,11-12,17H2. The second-order valence-corrected chi connectivity index (χ2v) is 5.25. The Morgan fingerprint density at radius 1 is 1.05 bits per heavy atom. The fourth-order valence-electron chi connectivity index (χ4n) is 3.22. The first-order valence-corrected chi connectivity index (χ1v) is 7.00. The summed E-state index contributed by atoms with van der Waals surface area (Å²) in [5.74, 6) is 6.74. The van der Waals surface area contributed by atoms with E-state index in [1.165, 1.54) is 5.56 Å². The van der Waals surface area contributed by atoms with Crippen LogP contribution in [0, 0.1) is 0 Å². The van der Waals surface area contributed by atoms with Gasteiger partial charge in [-0.1, -0.05) is 30.3 Å². The maximum Gasteiger partial charge on any atom is 0.122 e. The molecule has 4 nitrogen and oxygen atoms in total. The molecule has 1 aromatic carbocycles. The van der Waals surface area contributed by atoms with E-state index in [4.69, 9.17) is 15.0 Å². The van der Waals surface area contributed by atoms with Gasteiger partial charge in [-0.2, -0.15) is 0 Å². The van der Waals surface area contributed by atoms with Crippen LogP contribution in [-0.4, -0.2) is 13.2 Å². The molecule has 3 rings (SSSR count). The van der Waals surface area contributed by atoms with Crippen LogP contribution >= 0.6 is 0 Å². The van der Waals surface area contributed by atoms with Gasteiger partial charge in [0.15, 0.2) is 0 Å². The molecule has 0 radical (unpaired) electrons. The van der Waals surface area contributed by atoms with E-state index in [1.54, 1.807) is 6.26 Å². The predicted molar refractivity (Wildman–Crippen MR) is 76.9 cm³/mol. The van der Waals surface area contributed by atoms with Crippen molar-refractivity contribution in [3.63, 3.8) is 0 Å². The monoisotopic (exact) mass is 272 g/mol. The molecule has 4 heteroatoms. The minimum Gasteiger partial charge on any atom is -0.468 e. The molecule has 3 N–H and O–H groups in total. The average molecular weight is 272 g/mol. The molecule has 1 saturated heterocycles. The van der Waals surface area contributed by atoms with Gasteiger partial charge in [-0.25, -0.2) is 5.43 Å². The van der Waals surface area contributed by atoms with Gasteiger partial charge in [-0.05, 0) is 30.5 Å². The number of benzene rings is 1. The number of rotatable bonds is 4. The topological polar surface area (TPSA) is 60.4 Å². The Bertz CT molecular complexity index is 519. The van der Waals surface area contributed by atoms with Gasteiger partial charge in [0.25, 0.3) is 0 Å². The van der Waals surface area contributed by atoms with Crippen LogP contribution in [0.4, 0.5) is 0 Å². The third kappa shape index (κ3) is 2.26. The van der Waals surface area contributed by atoms with Gasteiger partial charge in [0, 0.05) is 18.6 Å². The summed E-state index contributed by atoms with van der Waals surface area (Å²) in [4.78, 5) is 0. The van der Waals surface area contributed by atoms with Crippen LogP contribution in [0.25, 0.3) is 0 Å². The number of furan rings is 1. The molecule has 2 aromatic rings. The van der Waals surface area contributed by atoms with Crippen molar-refractivity contribution in [1.29, 1.82) is 0 Å². The number of nitrogens with two attached hydrogens (primary N) is 1. The van der Waals surface area contributed by atoms with Crippen LogP contribution < -0.4 is 11.3 Å². The fraction of sp³-hybridized carbons (Fsp3) is 0.375. The van der Waals surface area contributed by atoms with E-state index in [0.717, 1.165) is 31.8 Å². The average Bonchev–Trinajstić information content (AvgIpc) is 3.04.